The Labute approximate surface area is 417 Å². The van der Waals surface area contributed by atoms with E-state index in [2.05, 4.69) is 37.1 Å². The number of ether oxygens (including phenoxy) is 8. The van der Waals surface area contributed by atoms with Gasteiger partial charge in [-0.15, -0.1) is 55.7 Å². The maximum absolute atomic E-state index is 12.8. The summed E-state index contributed by atoms with van der Waals surface area (Å²) in [6.45, 7) is 1.36. The van der Waals surface area contributed by atoms with Crippen LogP contribution in [0.5, 0.6) is 46.3 Å². The highest BCUT2D eigenvalue weighted by Gasteiger charge is 2.44. The number of fused-ring (bicyclic) bond motifs is 7. The number of thioether (sulfide) groups is 4. The van der Waals surface area contributed by atoms with Crippen molar-refractivity contribution >= 4 is 70.5 Å². The molecular formula is C46H30N11O10S4. The van der Waals surface area contributed by atoms with Crippen LogP contribution in [-0.4, -0.2) is 113 Å². The molecule has 1 radical (unpaired) electrons. The van der Waals surface area contributed by atoms with Gasteiger partial charge in [0.15, 0.2) is 59.1 Å². The molecular weight excluding hydrogens is 995 g/mol. The zero-order chi connectivity index (χ0) is 47.2. The van der Waals surface area contributed by atoms with E-state index in [4.69, 9.17) is 62.9 Å². The molecule has 2 N–H and O–H groups in total. The summed E-state index contributed by atoms with van der Waals surface area (Å²) in [5.41, 5.74) is 3.31. The molecule has 0 saturated carbocycles. The summed E-state index contributed by atoms with van der Waals surface area (Å²) in [6, 6.07) is 14.4. The second kappa shape index (κ2) is 17.2. The summed E-state index contributed by atoms with van der Waals surface area (Å²) in [6.07, 6.45) is 0.848. The fraction of sp³-hybridized carbons (Fsp3) is 0.239. The molecule has 2 atom stereocenters. The number of hydrogen-bond acceptors (Lipinski definition) is 23. The van der Waals surface area contributed by atoms with Crippen molar-refractivity contribution in [3.63, 3.8) is 0 Å². The zero-order valence-corrected chi connectivity index (χ0v) is 39.6. The van der Waals surface area contributed by atoms with Crippen molar-refractivity contribution < 1.29 is 47.5 Å². The van der Waals surface area contributed by atoms with Crippen LogP contribution in [0.2, 0.25) is 0 Å². The lowest BCUT2D eigenvalue weighted by molar-refractivity contribution is -0.118. The third-order valence-electron chi connectivity index (χ3n) is 11.8. The molecule has 0 saturated heterocycles. The van der Waals surface area contributed by atoms with Crippen molar-refractivity contribution in [2.75, 3.05) is 66.9 Å². The Morgan fingerprint density at radius 2 is 1.30 bits per heavy atom. The first-order chi connectivity index (χ1) is 35.0. The van der Waals surface area contributed by atoms with E-state index in [0.717, 1.165) is 25.3 Å². The topological polar surface area (TPSA) is 248 Å². The smallest absolute Gasteiger partial charge is 0.276 e. The Balaban J connectivity index is 1.05. The maximum atomic E-state index is 12.8. The van der Waals surface area contributed by atoms with Gasteiger partial charge < -0.3 is 48.5 Å². The zero-order valence-electron chi connectivity index (χ0n) is 36.4. The Hall–Kier alpha value is -7.35. The van der Waals surface area contributed by atoms with Gasteiger partial charge in [-0.1, -0.05) is 11.8 Å². The average molecular weight is 1030 g/mol. The van der Waals surface area contributed by atoms with Gasteiger partial charge in [-0.2, -0.15) is 0 Å². The summed E-state index contributed by atoms with van der Waals surface area (Å²) in [4.78, 5) is 53.8. The van der Waals surface area contributed by atoms with Gasteiger partial charge in [0.25, 0.3) is 11.8 Å². The quantitative estimate of drug-likeness (QED) is 0.180. The van der Waals surface area contributed by atoms with E-state index in [-0.39, 0.29) is 89.2 Å². The molecule has 2 unspecified atom stereocenters. The molecule has 7 aliphatic rings. The third-order valence-corrected chi connectivity index (χ3v) is 15.6. The van der Waals surface area contributed by atoms with Crippen molar-refractivity contribution in [2.45, 2.75) is 31.8 Å². The Morgan fingerprint density at radius 3 is 2.23 bits per heavy atom. The standard InChI is InChI=1S/C46H30N11O10S4/c58-30-16-64-24-3-1-19(49-43(24)51-30)38-37(20-2-4-27-44(50-20)52-31(59)17-70-27)66-41-32(21-13-25-45(56-54-21)62-8-7-60-25)35(53-34(42(41)67-38)23-15-29-46(57-55-23)63-10-12-69-29)36-40-28(71-18-65-40)14-22(48-36)33-39-26(5-6-47-33)68-11-9-61-39/h1-5,13-15,37-38H,7-12,16-18H2,(H,49,51,58)(H,50,52,59). The van der Waals surface area contributed by atoms with E-state index in [9.17, 15) is 9.59 Å². The monoisotopic (exact) mass is 1020 g/mol. The first-order valence-electron chi connectivity index (χ1n) is 22.0. The second-order valence-corrected chi connectivity index (χ2v) is 20.4. The molecule has 353 valence electrons. The number of aromatic nitrogens is 9. The Kier molecular flexibility index (Phi) is 10.3. The van der Waals surface area contributed by atoms with E-state index < -0.39 is 12.2 Å². The Bertz CT molecular complexity index is 3450. The number of hydrogen-bond donors (Lipinski definition) is 2. The molecule has 7 aliphatic heterocycles. The number of carbonyl (C=O) groups is 2. The van der Waals surface area contributed by atoms with Crippen LogP contribution in [0, 0.1) is 6.20 Å². The minimum atomic E-state index is -1.10. The SMILES string of the molecule is O=C1COc2ccc(C3Oc4c(-c5cc6c(nn5)OCCS6)nc(-c5nc(-c6n[c]cc7c6OCCS7)cc6c5OCS6)c(-c5cc6c(nn5)OCCO6)c4OC3c3ccc4c(n3)NC(=O)CS4)nc2N1. The minimum Gasteiger partial charge on any atom is -0.489 e. The molecule has 0 aromatic carbocycles. The van der Waals surface area contributed by atoms with Crippen LogP contribution < -0.4 is 48.5 Å². The van der Waals surface area contributed by atoms with Crippen LogP contribution in [0.1, 0.15) is 23.6 Å². The predicted molar refractivity (Wildman–Crippen MR) is 255 cm³/mol. The largest absolute Gasteiger partial charge is 0.489 e. The summed E-state index contributed by atoms with van der Waals surface area (Å²) in [7, 11) is 0. The highest BCUT2D eigenvalue weighted by atomic mass is 32.2. The lowest BCUT2D eigenvalue weighted by atomic mass is 9.98. The third kappa shape index (κ3) is 7.47. The van der Waals surface area contributed by atoms with Gasteiger partial charge >= 0.3 is 0 Å². The van der Waals surface area contributed by atoms with E-state index in [1.807, 2.05) is 30.3 Å². The number of carbonyl (C=O) groups excluding carboxylic acids is 2. The average Bonchev–Trinajstić information content (AvgIpc) is 3.90. The van der Waals surface area contributed by atoms with E-state index in [0.29, 0.717) is 87.8 Å². The van der Waals surface area contributed by atoms with Crippen LogP contribution >= 0.6 is 47.0 Å². The fourth-order valence-corrected chi connectivity index (χ4v) is 11.8. The molecule has 7 aromatic rings. The van der Waals surface area contributed by atoms with E-state index in [1.165, 1.54) is 23.5 Å². The van der Waals surface area contributed by atoms with E-state index >= 15 is 0 Å². The Morgan fingerprint density at radius 1 is 0.535 bits per heavy atom. The van der Waals surface area contributed by atoms with Crippen LogP contribution in [0.25, 0.3) is 45.4 Å². The van der Waals surface area contributed by atoms with Crippen LogP contribution in [0.4, 0.5) is 11.6 Å². The maximum Gasteiger partial charge on any atom is 0.276 e. The molecule has 14 rings (SSSR count). The number of nitrogens with one attached hydrogen (secondary N) is 2. The molecule has 0 aliphatic carbocycles. The second-order valence-electron chi connectivity index (χ2n) is 16.2. The van der Waals surface area contributed by atoms with Crippen molar-refractivity contribution in [1.82, 2.24) is 45.3 Å². The van der Waals surface area contributed by atoms with Gasteiger partial charge in [0, 0.05) is 17.6 Å². The molecule has 25 heteroatoms. The first-order valence-corrected chi connectivity index (χ1v) is 25.9. The van der Waals surface area contributed by atoms with Gasteiger partial charge in [0.05, 0.1) is 67.4 Å². The molecule has 0 spiro atoms. The van der Waals surface area contributed by atoms with Crippen molar-refractivity contribution in [3.8, 4) is 91.7 Å². The number of rotatable bonds is 6. The molecule has 0 fully saturated rings. The van der Waals surface area contributed by atoms with Gasteiger partial charge in [-0.25, -0.2) is 24.9 Å². The predicted octanol–water partition coefficient (Wildman–Crippen LogP) is 6.52. The van der Waals surface area contributed by atoms with E-state index in [1.54, 1.807) is 41.7 Å². The first kappa shape index (κ1) is 42.5. The van der Waals surface area contributed by atoms with Crippen molar-refractivity contribution in [1.29, 1.82) is 0 Å². The number of nitrogens with zero attached hydrogens (tertiary/aromatic N) is 9. The molecule has 71 heavy (non-hydrogen) atoms. The van der Waals surface area contributed by atoms with Crippen LogP contribution in [-0.2, 0) is 9.59 Å². The highest BCUT2D eigenvalue weighted by Crippen LogP contribution is 2.58. The fourth-order valence-electron chi connectivity index (χ4n) is 8.68. The van der Waals surface area contributed by atoms with Gasteiger partial charge in [0.1, 0.15) is 59.1 Å². The summed E-state index contributed by atoms with van der Waals surface area (Å²) >= 11 is 6.09. The van der Waals surface area contributed by atoms with Crippen LogP contribution in [0.15, 0.2) is 68.1 Å². The molecule has 0 bridgehead atoms. The summed E-state index contributed by atoms with van der Waals surface area (Å²) < 4.78 is 50.8. The molecule has 7 aromatic heterocycles. The molecule has 14 heterocycles. The van der Waals surface area contributed by atoms with Gasteiger partial charge in [-0.05, 0) is 42.5 Å². The number of pyridine rings is 5. The lowest BCUT2D eigenvalue weighted by Gasteiger charge is -2.36. The molecule has 21 nitrogen and oxygen atoms in total. The number of amides is 2. The summed E-state index contributed by atoms with van der Waals surface area (Å²) in [5, 5.41) is 24.1. The van der Waals surface area contributed by atoms with Gasteiger partial charge in [0.2, 0.25) is 11.8 Å². The normalized spacial score (nSPS) is 18.9. The van der Waals surface area contributed by atoms with Gasteiger partial charge in [-0.3, -0.25) is 9.59 Å². The van der Waals surface area contributed by atoms with Crippen molar-refractivity contribution in [2.24, 2.45) is 0 Å². The highest BCUT2D eigenvalue weighted by molar-refractivity contribution is 8.00. The lowest BCUT2D eigenvalue weighted by Crippen LogP contribution is -2.31. The minimum absolute atomic E-state index is 0.126. The molecule has 2 amide bonds. The summed E-state index contributed by atoms with van der Waals surface area (Å²) in [5.74, 6) is 4.61. The number of anilines is 2. The van der Waals surface area contributed by atoms with Crippen LogP contribution in [0.3, 0.4) is 0 Å². The van der Waals surface area contributed by atoms with Crippen molar-refractivity contribution in [3.05, 3.63) is 66.1 Å².